The number of thioether (sulfide) groups is 1. The van der Waals surface area contributed by atoms with Crippen molar-refractivity contribution in [2.75, 3.05) is 12.0 Å². The number of carbonyl (C=O) groups excluding carboxylic acids is 1. The molecule has 3 heteroatoms. The van der Waals surface area contributed by atoms with E-state index in [4.69, 9.17) is 0 Å². The van der Waals surface area contributed by atoms with Gasteiger partial charge in [-0.15, -0.1) is 0 Å². The van der Waals surface area contributed by atoms with Gasteiger partial charge in [0.05, 0.1) is 0 Å². The van der Waals surface area contributed by atoms with Gasteiger partial charge in [0, 0.05) is 25.2 Å². The molecule has 0 saturated heterocycles. The van der Waals surface area contributed by atoms with Gasteiger partial charge < -0.3 is 0 Å². The SMILES string of the molecule is CSCCC(=O)Cc1ccncc1. The summed E-state index contributed by atoms with van der Waals surface area (Å²) >= 11 is 1.71. The van der Waals surface area contributed by atoms with Gasteiger partial charge in [0.2, 0.25) is 0 Å². The van der Waals surface area contributed by atoms with Crippen LogP contribution in [-0.2, 0) is 11.2 Å². The fraction of sp³-hybridized carbons (Fsp3) is 0.400. The van der Waals surface area contributed by atoms with Crippen molar-refractivity contribution >= 4 is 17.5 Å². The van der Waals surface area contributed by atoms with Crippen molar-refractivity contribution in [2.45, 2.75) is 12.8 Å². The molecule has 70 valence electrons. The van der Waals surface area contributed by atoms with Gasteiger partial charge in [0.25, 0.3) is 0 Å². The van der Waals surface area contributed by atoms with Gasteiger partial charge in [-0.25, -0.2) is 0 Å². The Morgan fingerprint density at radius 2 is 2.15 bits per heavy atom. The van der Waals surface area contributed by atoms with Gasteiger partial charge in [-0.3, -0.25) is 9.78 Å². The highest BCUT2D eigenvalue weighted by molar-refractivity contribution is 7.98. The van der Waals surface area contributed by atoms with E-state index in [-0.39, 0.29) is 0 Å². The third kappa shape index (κ3) is 4.08. The number of hydrogen-bond acceptors (Lipinski definition) is 3. The predicted molar refractivity (Wildman–Crippen MR) is 55.9 cm³/mol. The summed E-state index contributed by atoms with van der Waals surface area (Å²) in [7, 11) is 0. The molecule has 1 aromatic rings. The molecule has 0 radical (unpaired) electrons. The van der Waals surface area contributed by atoms with Crippen LogP contribution in [-0.4, -0.2) is 22.8 Å². The van der Waals surface area contributed by atoms with Crippen molar-refractivity contribution in [3.05, 3.63) is 30.1 Å². The van der Waals surface area contributed by atoms with Crippen LogP contribution in [0.4, 0.5) is 0 Å². The summed E-state index contributed by atoms with van der Waals surface area (Å²) in [6.45, 7) is 0. The Balaban J connectivity index is 2.37. The summed E-state index contributed by atoms with van der Waals surface area (Å²) < 4.78 is 0. The molecule has 13 heavy (non-hydrogen) atoms. The van der Waals surface area contributed by atoms with Crippen LogP contribution in [0.15, 0.2) is 24.5 Å². The number of Topliss-reactive ketones (excluding diaryl/α,β-unsaturated/α-hetero) is 1. The fourth-order valence-corrected chi connectivity index (χ4v) is 1.46. The highest BCUT2D eigenvalue weighted by Gasteiger charge is 2.01. The molecule has 0 aromatic carbocycles. The van der Waals surface area contributed by atoms with Crippen LogP contribution < -0.4 is 0 Å². The Labute approximate surface area is 82.8 Å². The second-order valence-corrected chi connectivity index (χ2v) is 3.80. The molecular weight excluding hydrogens is 182 g/mol. The summed E-state index contributed by atoms with van der Waals surface area (Å²) in [6.07, 6.45) is 6.67. The van der Waals surface area contributed by atoms with Crippen LogP contribution in [0.25, 0.3) is 0 Å². The minimum Gasteiger partial charge on any atom is -0.299 e. The van der Waals surface area contributed by atoms with Crippen LogP contribution in [0.1, 0.15) is 12.0 Å². The number of nitrogens with zero attached hydrogens (tertiary/aromatic N) is 1. The van der Waals surface area contributed by atoms with Gasteiger partial charge in [-0.1, -0.05) is 0 Å². The van der Waals surface area contributed by atoms with Gasteiger partial charge in [0.1, 0.15) is 5.78 Å². The Hall–Kier alpha value is -0.830. The van der Waals surface area contributed by atoms with E-state index in [1.165, 1.54) is 0 Å². The first kappa shape index (κ1) is 10.3. The molecule has 0 bridgehead atoms. The van der Waals surface area contributed by atoms with E-state index in [1.807, 2.05) is 18.4 Å². The van der Waals surface area contributed by atoms with Crippen molar-refractivity contribution in [1.29, 1.82) is 0 Å². The van der Waals surface area contributed by atoms with E-state index in [0.717, 1.165) is 11.3 Å². The van der Waals surface area contributed by atoms with Crippen molar-refractivity contribution in [2.24, 2.45) is 0 Å². The van der Waals surface area contributed by atoms with Crippen LogP contribution in [0.5, 0.6) is 0 Å². The quantitative estimate of drug-likeness (QED) is 0.719. The Bertz CT molecular complexity index is 261. The van der Waals surface area contributed by atoms with Gasteiger partial charge in [0.15, 0.2) is 0 Å². The summed E-state index contributed by atoms with van der Waals surface area (Å²) in [6, 6.07) is 3.77. The third-order valence-corrected chi connectivity index (χ3v) is 2.35. The Morgan fingerprint density at radius 1 is 1.46 bits per heavy atom. The van der Waals surface area contributed by atoms with E-state index >= 15 is 0 Å². The highest BCUT2D eigenvalue weighted by Crippen LogP contribution is 2.03. The molecule has 0 aliphatic heterocycles. The molecule has 0 atom stereocenters. The van der Waals surface area contributed by atoms with Crippen LogP contribution in [0.3, 0.4) is 0 Å². The largest absolute Gasteiger partial charge is 0.299 e. The lowest BCUT2D eigenvalue weighted by Crippen LogP contribution is -2.03. The first-order valence-electron chi connectivity index (χ1n) is 4.22. The molecule has 0 fully saturated rings. The van der Waals surface area contributed by atoms with Gasteiger partial charge in [-0.2, -0.15) is 11.8 Å². The van der Waals surface area contributed by atoms with Crippen molar-refractivity contribution in [3.63, 3.8) is 0 Å². The molecule has 2 nitrogen and oxygen atoms in total. The minimum atomic E-state index is 0.306. The standard InChI is InChI=1S/C10H13NOS/c1-13-7-4-10(12)8-9-2-5-11-6-3-9/h2-3,5-6H,4,7-8H2,1H3. The van der Waals surface area contributed by atoms with Crippen LogP contribution >= 0.6 is 11.8 Å². The monoisotopic (exact) mass is 195 g/mol. The molecule has 0 spiro atoms. The van der Waals surface area contributed by atoms with E-state index in [2.05, 4.69) is 4.98 Å². The molecule has 0 unspecified atom stereocenters. The summed E-state index contributed by atoms with van der Waals surface area (Å²) in [5, 5.41) is 0. The maximum absolute atomic E-state index is 11.3. The van der Waals surface area contributed by atoms with E-state index < -0.39 is 0 Å². The van der Waals surface area contributed by atoms with E-state index in [9.17, 15) is 4.79 Å². The maximum atomic E-state index is 11.3. The van der Waals surface area contributed by atoms with Crippen LogP contribution in [0, 0.1) is 0 Å². The summed E-state index contributed by atoms with van der Waals surface area (Å²) in [5.41, 5.74) is 1.06. The lowest BCUT2D eigenvalue weighted by molar-refractivity contribution is -0.118. The van der Waals surface area contributed by atoms with Crippen molar-refractivity contribution in [1.82, 2.24) is 4.98 Å². The number of rotatable bonds is 5. The minimum absolute atomic E-state index is 0.306. The first-order valence-corrected chi connectivity index (χ1v) is 5.62. The van der Waals surface area contributed by atoms with Gasteiger partial charge in [-0.05, 0) is 29.7 Å². The predicted octanol–water partition coefficient (Wildman–Crippen LogP) is 1.95. The molecule has 0 amide bonds. The topological polar surface area (TPSA) is 30.0 Å². The summed E-state index contributed by atoms with van der Waals surface area (Å²) in [5.74, 6) is 1.23. The smallest absolute Gasteiger partial charge is 0.138 e. The zero-order chi connectivity index (χ0) is 9.52. The number of ketones is 1. The second kappa shape index (κ2) is 5.75. The average molecular weight is 195 g/mol. The lowest BCUT2D eigenvalue weighted by Gasteiger charge is -1.98. The second-order valence-electron chi connectivity index (χ2n) is 2.81. The number of pyridine rings is 1. The highest BCUT2D eigenvalue weighted by atomic mass is 32.2. The lowest BCUT2D eigenvalue weighted by atomic mass is 10.1. The fourth-order valence-electron chi connectivity index (χ4n) is 1.03. The van der Waals surface area contributed by atoms with Crippen molar-refractivity contribution < 1.29 is 4.79 Å². The van der Waals surface area contributed by atoms with Crippen molar-refractivity contribution in [3.8, 4) is 0 Å². The maximum Gasteiger partial charge on any atom is 0.138 e. The molecule has 1 rings (SSSR count). The third-order valence-electron chi connectivity index (χ3n) is 1.74. The molecule has 0 N–H and O–H groups in total. The number of carbonyl (C=O) groups is 1. The average Bonchev–Trinajstić information content (AvgIpc) is 2.16. The van der Waals surface area contributed by atoms with Gasteiger partial charge >= 0.3 is 0 Å². The molecule has 1 aromatic heterocycles. The number of aromatic nitrogens is 1. The van der Waals surface area contributed by atoms with E-state index in [1.54, 1.807) is 24.2 Å². The molecule has 0 aliphatic carbocycles. The first-order chi connectivity index (χ1) is 6.33. The molecule has 0 aliphatic rings. The van der Waals surface area contributed by atoms with E-state index in [0.29, 0.717) is 18.6 Å². The van der Waals surface area contributed by atoms with Crippen LogP contribution in [0.2, 0.25) is 0 Å². The molecule has 1 heterocycles. The normalized spacial score (nSPS) is 9.92. The summed E-state index contributed by atoms with van der Waals surface area (Å²) in [4.78, 5) is 15.2. The number of hydrogen-bond donors (Lipinski definition) is 0. The zero-order valence-corrected chi connectivity index (χ0v) is 8.51. The zero-order valence-electron chi connectivity index (χ0n) is 7.69. The Morgan fingerprint density at radius 3 is 2.77 bits per heavy atom. The molecule has 0 saturated carbocycles. The Kier molecular flexibility index (Phi) is 4.54. The molecular formula is C10H13NOS.